The van der Waals surface area contributed by atoms with Crippen molar-refractivity contribution in [2.45, 2.75) is 32.7 Å². The molecule has 1 aliphatic heterocycles. The number of hydrogen-bond donors (Lipinski definition) is 1. The van der Waals surface area contributed by atoms with Crippen LogP contribution in [0.3, 0.4) is 0 Å². The second-order valence-corrected chi connectivity index (χ2v) is 10.4. The number of piperidine rings is 1. The number of aryl methyl sites for hydroxylation is 1. The van der Waals surface area contributed by atoms with Crippen molar-refractivity contribution < 1.29 is 22.8 Å². The molecule has 3 aromatic heterocycles. The second kappa shape index (κ2) is 10.2. The van der Waals surface area contributed by atoms with Gasteiger partial charge < -0.3 is 10.2 Å². The van der Waals surface area contributed by atoms with Crippen LogP contribution in [0.1, 0.15) is 53.4 Å². The largest absolute Gasteiger partial charge is 0.318 e. The molecule has 14 heteroatoms. The first kappa shape index (κ1) is 26.8. The van der Waals surface area contributed by atoms with Crippen LogP contribution in [0.2, 0.25) is 5.02 Å². The molecule has 1 N–H and O–H groups in total. The lowest BCUT2D eigenvalue weighted by molar-refractivity contribution is -0.118. The summed E-state index contributed by atoms with van der Waals surface area (Å²) in [5.41, 5.74) is -0.407. The van der Waals surface area contributed by atoms with Crippen LogP contribution in [0.25, 0.3) is 11.3 Å². The molecule has 0 spiro atoms. The lowest BCUT2D eigenvalue weighted by Crippen LogP contribution is -2.28. The Morgan fingerprint density at radius 2 is 1.90 bits per heavy atom. The monoisotopic (exact) mass is 582 g/mol. The molecule has 2 amide bonds. The quantitative estimate of drug-likeness (QED) is 0.325. The number of rotatable bonds is 7. The lowest BCUT2D eigenvalue weighted by Gasteiger charge is -2.18. The Kier molecular flexibility index (Phi) is 6.68. The summed E-state index contributed by atoms with van der Waals surface area (Å²) < 4.78 is 43.5. The van der Waals surface area contributed by atoms with E-state index < -0.39 is 35.3 Å². The zero-order valence-electron chi connectivity index (χ0n) is 21.7. The van der Waals surface area contributed by atoms with E-state index in [1.807, 2.05) is 6.92 Å². The van der Waals surface area contributed by atoms with Crippen molar-refractivity contribution in [2.24, 2.45) is 11.8 Å². The average Bonchev–Trinajstić information content (AvgIpc) is 3.46. The second-order valence-electron chi connectivity index (χ2n) is 10.0. The van der Waals surface area contributed by atoms with Gasteiger partial charge in [0.1, 0.15) is 11.7 Å². The third-order valence-electron chi connectivity index (χ3n) is 7.31. The molecule has 210 valence electrons. The van der Waals surface area contributed by atoms with Crippen molar-refractivity contribution in [2.75, 3.05) is 16.8 Å². The Hall–Kier alpha value is -4.39. The molecule has 4 heterocycles. The molecule has 0 bridgehead atoms. The van der Waals surface area contributed by atoms with Crippen LogP contribution in [-0.4, -0.2) is 48.1 Å². The third-order valence-corrected chi connectivity index (χ3v) is 7.60. The highest BCUT2D eigenvalue weighted by molar-refractivity contribution is 6.31. The fraction of sp³-hybridized carbons (Fsp3) is 0.296. The van der Waals surface area contributed by atoms with E-state index in [0.29, 0.717) is 29.7 Å². The van der Waals surface area contributed by atoms with Crippen molar-refractivity contribution in [1.82, 2.24) is 29.7 Å². The maximum absolute atomic E-state index is 14.8. The van der Waals surface area contributed by atoms with E-state index in [1.54, 1.807) is 28.2 Å². The van der Waals surface area contributed by atoms with Gasteiger partial charge in [-0.3, -0.25) is 19.3 Å². The summed E-state index contributed by atoms with van der Waals surface area (Å²) in [6.07, 6.45) is 5.28. The van der Waals surface area contributed by atoms with Gasteiger partial charge in [0.15, 0.2) is 11.6 Å². The Morgan fingerprint density at radius 3 is 2.59 bits per heavy atom. The van der Waals surface area contributed by atoms with Gasteiger partial charge in [0.2, 0.25) is 5.91 Å². The molecule has 2 aliphatic rings. The van der Waals surface area contributed by atoms with Gasteiger partial charge in [-0.05, 0) is 32.3 Å². The number of halogens is 4. The highest BCUT2D eigenvalue weighted by Gasteiger charge is 2.52. The van der Waals surface area contributed by atoms with E-state index >= 15 is 0 Å². The van der Waals surface area contributed by atoms with E-state index in [4.69, 9.17) is 11.6 Å². The topological polar surface area (TPSA) is 119 Å². The standard InChI is InChI=1S/C27H22ClF3N8O2/c1-12-23(37-20(9-32-12)21-17(24(30)31)3-4-19(28)22(21)29)26(40)36-15-6-35-39(11-15)13(2)25-33-7-16(8-34-25)38-10-14-5-18(14)27(38)41/h3-4,6-9,11,13-14,18,24H,5,10H2,1-2H3,(H,36,40)/t13-,14-,18-/m1/s1. The van der Waals surface area contributed by atoms with E-state index in [9.17, 15) is 22.8 Å². The van der Waals surface area contributed by atoms with Crippen molar-refractivity contribution in [3.8, 4) is 11.3 Å². The van der Waals surface area contributed by atoms with Gasteiger partial charge in [0, 0.05) is 29.8 Å². The summed E-state index contributed by atoms with van der Waals surface area (Å²) in [5.74, 6) is -0.633. The van der Waals surface area contributed by atoms with Crippen LogP contribution in [0, 0.1) is 24.6 Å². The number of nitrogens with zero attached hydrogens (tertiary/aromatic N) is 7. The summed E-state index contributed by atoms with van der Waals surface area (Å²) in [6, 6.07) is 1.64. The molecule has 1 aliphatic carbocycles. The normalized spacial score (nSPS) is 18.5. The molecule has 1 aromatic carbocycles. The fourth-order valence-corrected chi connectivity index (χ4v) is 5.07. The van der Waals surface area contributed by atoms with E-state index in [0.717, 1.165) is 24.8 Å². The number of alkyl halides is 2. The Morgan fingerprint density at radius 1 is 1.15 bits per heavy atom. The number of carbonyl (C=O) groups is 2. The SMILES string of the molecule is Cc1ncc(-c2c(C(F)F)ccc(Cl)c2F)nc1C(=O)Nc1cnn([C@H](C)c2ncc(N3C[C@H]4C[C@H]4C3=O)cn2)c1. The van der Waals surface area contributed by atoms with Crippen molar-refractivity contribution >= 4 is 34.8 Å². The minimum atomic E-state index is -3.00. The number of nitrogens with one attached hydrogen (secondary N) is 1. The predicted octanol–water partition coefficient (Wildman–Crippen LogP) is 5.01. The van der Waals surface area contributed by atoms with Crippen LogP contribution in [0.4, 0.5) is 24.5 Å². The molecule has 2 fully saturated rings. The Balaban J connectivity index is 1.19. The van der Waals surface area contributed by atoms with E-state index in [2.05, 4.69) is 30.4 Å². The first-order chi connectivity index (χ1) is 19.6. The van der Waals surface area contributed by atoms with Crippen molar-refractivity contribution in [3.63, 3.8) is 0 Å². The molecule has 4 aromatic rings. The van der Waals surface area contributed by atoms with Crippen LogP contribution in [-0.2, 0) is 4.79 Å². The molecule has 10 nitrogen and oxygen atoms in total. The number of benzene rings is 1. The van der Waals surface area contributed by atoms with Gasteiger partial charge in [-0.2, -0.15) is 5.10 Å². The van der Waals surface area contributed by atoms with Crippen LogP contribution >= 0.6 is 11.6 Å². The number of hydrogen-bond acceptors (Lipinski definition) is 7. The summed E-state index contributed by atoms with van der Waals surface area (Å²) in [5, 5.41) is 6.57. The maximum Gasteiger partial charge on any atom is 0.276 e. The molecule has 3 atom stereocenters. The summed E-state index contributed by atoms with van der Waals surface area (Å²) in [7, 11) is 0. The molecule has 1 saturated carbocycles. The zero-order valence-corrected chi connectivity index (χ0v) is 22.5. The van der Waals surface area contributed by atoms with Gasteiger partial charge in [-0.25, -0.2) is 28.1 Å². The zero-order chi connectivity index (χ0) is 29.0. The van der Waals surface area contributed by atoms with Crippen LogP contribution in [0.15, 0.2) is 43.1 Å². The van der Waals surface area contributed by atoms with E-state index in [1.165, 1.54) is 13.1 Å². The maximum atomic E-state index is 14.8. The van der Waals surface area contributed by atoms with Gasteiger partial charge in [0.25, 0.3) is 12.3 Å². The Bertz CT molecular complexity index is 1680. The minimum absolute atomic E-state index is 0.115. The first-order valence-corrected chi connectivity index (χ1v) is 13.1. The molecule has 0 radical (unpaired) electrons. The van der Waals surface area contributed by atoms with Gasteiger partial charge in [0.05, 0.1) is 52.6 Å². The minimum Gasteiger partial charge on any atom is -0.318 e. The van der Waals surface area contributed by atoms with E-state index in [-0.39, 0.29) is 33.9 Å². The van der Waals surface area contributed by atoms with Gasteiger partial charge >= 0.3 is 0 Å². The smallest absolute Gasteiger partial charge is 0.276 e. The Labute approximate surface area is 236 Å². The lowest BCUT2D eigenvalue weighted by atomic mass is 10.0. The van der Waals surface area contributed by atoms with Gasteiger partial charge in [-0.1, -0.05) is 17.7 Å². The number of aromatic nitrogens is 6. The fourth-order valence-electron chi connectivity index (χ4n) is 4.91. The summed E-state index contributed by atoms with van der Waals surface area (Å²) in [6.45, 7) is 4.03. The van der Waals surface area contributed by atoms with Gasteiger partial charge in [-0.15, -0.1) is 0 Å². The average molecular weight is 583 g/mol. The number of fused-ring (bicyclic) bond motifs is 1. The first-order valence-electron chi connectivity index (χ1n) is 12.7. The highest BCUT2D eigenvalue weighted by Crippen LogP contribution is 2.47. The molecule has 1 saturated heterocycles. The molecular weight excluding hydrogens is 561 g/mol. The molecule has 6 rings (SSSR count). The number of carbonyl (C=O) groups excluding carboxylic acids is 2. The molecule has 41 heavy (non-hydrogen) atoms. The third kappa shape index (κ3) is 4.90. The number of amides is 2. The summed E-state index contributed by atoms with van der Waals surface area (Å²) >= 11 is 5.82. The van der Waals surface area contributed by atoms with Crippen LogP contribution in [0.5, 0.6) is 0 Å². The number of anilines is 2. The molecule has 0 unspecified atom stereocenters. The van der Waals surface area contributed by atoms with Crippen molar-refractivity contribution in [1.29, 1.82) is 0 Å². The van der Waals surface area contributed by atoms with Crippen LogP contribution < -0.4 is 10.2 Å². The highest BCUT2D eigenvalue weighted by atomic mass is 35.5. The summed E-state index contributed by atoms with van der Waals surface area (Å²) in [4.78, 5) is 44.1. The molecular formula is C27H22ClF3N8O2. The predicted molar refractivity (Wildman–Crippen MR) is 142 cm³/mol. The van der Waals surface area contributed by atoms with Crippen molar-refractivity contribution in [3.05, 3.63) is 76.7 Å².